The Morgan fingerprint density at radius 3 is 2.30 bits per heavy atom. The van der Waals surface area contributed by atoms with Crippen molar-refractivity contribution < 1.29 is 8.42 Å². The number of nitrogens with two attached hydrogens (primary N) is 1. The lowest BCUT2D eigenvalue weighted by atomic mass is 10.2. The van der Waals surface area contributed by atoms with Crippen molar-refractivity contribution in [2.75, 3.05) is 36.8 Å². The number of piperazine rings is 1. The van der Waals surface area contributed by atoms with Crippen molar-refractivity contribution in [3.63, 3.8) is 0 Å². The van der Waals surface area contributed by atoms with E-state index in [1.54, 1.807) is 30.5 Å². The van der Waals surface area contributed by atoms with E-state index in [0.29, 0.717) is 31.9 Å². The van der Waals surface area contributed by atoms with Crippen molar-refractivity contribution in [1.29, 1.82) is 0 Å². The summed E-state index contributed by atoms with van der Waals surface area (Å²) in [5.41, 5.74) is 7.28. The highest BCUT2D eigenvalue weighted by molar-refractivity contribution is 7.89. The van der Waals surface area contributed by atoms with Gasteiger partial charge in [-0.25, -0.2) is 13.4 Å². The minimum atomic E-state index is -3.46. The number of benzene rings is 1. The van der Waals surface area contributed by atoms with Crippen LogP contribution in [0.1, 0.15) is 5.56 Å². The van der Waals surface area contributed by atoms with E-state index in [9.17, 15) is 8.42 Å². The Kier molecular flexibility index (Phi) is 4.23. The summed E-state index contributed by atoms with van der Waals surface area (Å²) in [5.74, 6) is 0.928. The van der Waals surface area contributed by atoms with Crippen LogP contribution in [0, 0.1) is 6.92 Å². The van der Waals surface area contributed by atoms with Gasteiger partial charge in [-0.1, -0.05) is 6.07 Å². The molecule has 1 aliphatic heterocycles. The van der Waals surface area contributed by atoms with Crippen molar-refractivity contribution >= 4 is 21.5 Å². The minimum Gasteiger partial charge on any atom is -0.399 e. The number of nitrogens with zero attached hydrogens (tertiary/aromatic N) is 3. The van der Waals surface area contributed by atoms with Crippen LogP contribution in [0.5, 0.6) is 0 Å². The van der Waals surface area contributed by atoms with Crippen molar-refractivity contribution in [2.45, 2.75) is 11.8 Å². The molecule has 6 nitrogen and oxygen atoms in total. The molecule has 1 aliphatic rings. The summed E-state index contributed by atoms with van der Waals surface area (Å²) in [5, 5.41) is 0. The van der Waals surface area contributed by atoms with E-state index in [1.165, 1.54) is 4.31 Å². The molecule has 1 aromatic heterocycles. The summed E-state index contributed by atoms with van der Waals surface area (Å²) >= 11 is 0. The Hall–Kier alpha value is -2.12. The third-order valence-corrected chi connectivity index (χ3v) is 5.95. The Balaban J connectivity index is 1.74. The van der Waals surface area contributed by atoms with E-state index >= 15 is 0 Å². The molecular formula is C16H20N4O2S. The van der Waals surface area contributed by atoms with Gasteiger partial charge in [0.15, 0.2) is 0 Å². The van der Waals surface area contributed by atoms with Crippen LogP contribution in [-0.2, 0) is 10.0 Å². The van der Waals surface area contributed by atoms with Gasteiger partial charge in [-0.15, -0.1) is 0 Å². The average Bonchev–Trinajstić information content (AvgIpc) is 2.56. The summed E-state index contributed by atoms with van der Waals surface area (Å²) in [4.78, 5) is 6.82. The van der Waals surface area contributed by atoms with Crippen LogP contribution in [0.15, 0.2) is 47.5 Å². The van der Waals surface area contributed by atoms with Gasteiger partial charge in [0.25, 0.3) is 0 Å². The smallest absolute Gasteiger partial charge is 0.243 e. The molecule has 1 saturated heterocycles. The summed E-state index contributed by atoms with van der Waals surface area (Å²) in [7, 11) is -3.46. The molecule has 0 amide bonds. The van der Waals surface area contributed by atoms with Gasteiger partial charge >= 0.3 is 0 Å². The lowest BCUT2D eigenvalue weighted by Gasteiger charge is -2.35. The number of anilines is 2. The van der Waals surface area contributed by atoms with E-state index in [0.717, 1.165) is 11.4 Å². The molecule has 3 rings (SSSR count). The summed E-state index contributed by atoms with van der Waals surface area (Å²) < 4.78 is 26.8. The molecule has 0 spiro atoms. The zero-order chi connectivity index (χ0) is 16.4. The standard InChI is InChI=1S/C16H20N4O2S/c1-13-3-2-8-18-16(13)19-9-11-20(12-10-19)23(21,22)15-6-4-14(17)5-7-15/h2-8H,9-12,17H2,1H3. The topological polar surface area (TPSA) is 79.5 Å². The van der Waals surface area contributed by atoms with E-state index in [1.807, 2.05) is 19.1 Å². The highest BCUT2D eigenvalue weighted by Gasteiger charge is 2.29. The molecule has 7 heteroatoms. The maximum atomic E-state index is 12.7. The fraction of sp³-hybridized carbons (Fsp3) is 0.312. The molecule has 2 N–H and O–H groups in total. The largest absolute Gasteiger partial charge is 0.399 e. The van der Waals surface area contributed by atoms with E-state index in [4.69, 9.17) is 5.73 Å². The van der Waals surface area contributed by atoms with Gasteiger partial charge in [-0.05, 0) is 42.8 Å². The van der Waals surface area contributed by atoms with E-state index in [2.05, 4.69) is 9.88 Å². The normalized spacial score (nSPS) is 16.5. The Labute approximate surface area is 136 Å². The second-order valence-corrected chi connectivity index (χ2v) is 7.54. The zero-order valence-electron chi connectivity index (χ0n) is 13.0. The number of sulfonamides is 1. The van der Waals surface area contributed by atoms with Gasteiger partial charge in [-0.3, -0.25) is 0 Å². The molecule has 23 heavy (non-hydrogen) atoms. The third kappa shape index (κ3) is 3.16. The number of pyridine rings is 1. The van der Waals surface area contributed by atoms with Gasteiger partial charge < -0.3 is 10.6 Å². The highest BCUT2D eigenvalue weighted by atomic mass is 32.2. The molecule has 0 atom stereocenters. The van der Waals surface area contributed by atoms with Crippen LogP contribution in [-0.4, -0.2) is 43.9 Å². The number of hydrogen-bond donors (Lipinski definition) is 1. The molecule has 0 bridgehead atoms. The molecule has 0 radical (unpaired) electrons. The highest BCUT2D eigenvalue weighted by Crippen LogP contribution is 2.22. The monoisotopic (exact) mass is 332 g/mol. The lowest BCUT2D eigenvalue weighted by Crippen LogP contribution is -2.49. The van der Waals surface area contributed by atoms with E-state index < -0.39 is 10.0 Å². The average molecular weight is 332 g/mol. The number of rotatable bonds is 3. The summed E-state index contributed by atoms with van der Waals surface area (Å²) in [6.07, 6.45) is 1.76. The predicted octanol–water partition coefficient (Wildman–Crippen LogP) is 1.48. The molecule has 1 aromatic carbocycles. The molecule has 2 aromatic rings. The summed E-state index contributed by atoms with van der Waals surface area (Å²) in [6, 6.07) is 10.3. The van der Waals surface area contributed by atoms with Crippen molar-refractivity contribution in [3.8, 4) is 0 Å². The van der Waals surface area contributed by atoms with E-state index in [-0.39, 0.29) is 4.90 Å². The lowest BCUT2D eigenvalue weighted by molar-refractivity contribution is 0.383. The van der Waals surface area contributed by atoms with Gasteiger partial charge in [0, 0.05) is 38.1 Å². The fourth-order valence-electron chi connectivity index (χ4n) is 2.74. The van der Waals surface area contributed by atoms with Crippen LogP contribution in [0.2, 0.25) is 0 Å². The van der Waals surface area contributed by atoms with Crippen molar-refractivity contribution in [3.05, 3.63) is 48.2 Å². The molecule has 1 fully saturated rings. The number of aryl methyl sites for hydroxylation is 1. The van der Waals surface area contributed by atoms with Gasteiger partial charge in [0.1, 0.15) is 5.82 Å². The van der Waals surface area contributed by atoms with Gasteiger partial charge in [-0.2, -0.15) is 4.31 Å². The first-order valence-corrected chi connectivity index (χ1v) is 8.95. The summed E-state index contributed by atoms with van der Waals surface area (Å²) in [6.45, 7) is 4.17. The fourth-order valence-corrected chi connectivity index (χ4v) is 4.16. The third-order valence-electron chi connectivity index (χ3n) is 4.04. The minimum absolute atomic E-state index is 0.286. The van der Waals surface area contributed by atoms with Crippen molar-refractivity contribution in [2.24, 2.45) is 0 Å². The Bertz CT molecular complexity index is 782. The first-order valence-electron chi connectivity index (χ1n) is 7.51. The van der Waals surface area contributed by atoms with Crippen LogP contribution >= 0.6 is 0 Å². The molecule has 122 valence electrons. The molecule has 0 unspecified atom stereocenters. The van der Waals surface area contributed by atoms with Crippen LogP contribution in [0.25, 0.3) is 0 Å². The molecule has 2 heterocycles. The number of aromatic nitrogens is 1. The first-order chi connectivity index (χ1) is 11.0. The zero-order valence-corrected chi connectivity index (χ0v) is 13.8. The first kappa shape index (κ1) is 15.8. The maximum absolute atomic E-state index is 12.7. The van der Waals surface area contributed by atoms with Crippen LogP contribution in [0.4, 0.5) is 11.5 Å². The Morgan fingerprint density at radius 2 is 1.70 bits per heavy atom. The molecular weight excluding hydrogens is 312 g/mol. The molecule has 0 aliphatic carbocycles. The Morgan fingerprint density at radius 1 is 1.04 bits per heavy atom. The number of nitrogen functional groups attached to an aromatic ring is 1. The van der Waals surface area contributed by atoms with Crippen LogP contribution < -0.4 is 10.6 Å². The second-order valence-electron chi connectivity index (χ2n) is 5.60. The van der Waals surface area contributed by atoms with Crippen molar-refractivity contribution in [1.82, 2.24) is 9.29 Å². The van der Waals surface area contributed by atoms with Crippen LogP contribution in [0.3, 0.4) is 0 Å². The predicted molar refractivity (Wildman–Crippen MR) is 90.8 cm³/mol. The maximum Gasteiger partial charge on any atom is 0.243 e. The SMILES string of the molecule is Cc1cccnc1N1CCN(S(=O)(=O)c2ccc(N)cc2)CC1. The van der Waals surface area contributed by atoms with Gasteiger partial charge in [0.2, 0.25) is 10.0 Å². The number of hydrogen-bond acceptors (Lipinski definition) is 5. The quantitative estimate of drug-likeness (QED) is 0.861. The second kappa shape index (κ2) is 6.17. The van der Waals surface area contributed by atoms with Gasteiger partial charge in [0.05, 0.1) is 4.90 Å². The molecule has 0 saturated carbocycles.